The molecule has 1 N–H and O–H groups in total. The Morgan fingerprint density at radius 2 is 2.05 bits per heavy atom. The van der Waals surface area contributed by atoms with Crippen LogP contribution in [-0.4, -0.2) is 21.4 Å². The van der Waals surface area contributed by atoms with Crippen molar-refractivity contribution in [3.05, 3.63) is 29.5 Å². The third-order valence-electron chi connectivity index (χ3n) is 2.97. The van der Waals surface area contributed by atoms with Gasteiger partial charge in [-0.1, -0.05) is 6.92 Å². The Bertz CT molecular complexity index is 676. The number of carboxylic acid groups (broad SMARTS) is 1. The van der Waals surface area contributed by atoms with Crippen molar-refractivity contribution in [3.8, 4) is 0 Å². The number of halogens is 3. The van der Waals surface area contributed by atoms with Gasteiger partial charge in [0.1, 0.15) is 5.69 Å². The second-order valence-corrected chi connectivity index (χ2v) is 5.48. The normalized spacial score (nSPS) is 12.1. The van der Waals surface area contributed by atoms with Crippen molar-refractivity contribution in [2.75, 3.05) is 5.75 Å². The van der Waals surface area contributed by atoms with Gasteiger partial charge in [-0.05, 0) is 24.0 Å². The third-order valence-corrected chi connectivity index (χ3v) is 3.96. The van der Waals surface area contributed by atoms with Gasteiger partial charge < -0.3 is 9.67 Å². The summed E-state index contributed by atoms with van der Waals surface area (Å²) in [5, 5.41) is 9.57. The predicted molar refractivity (Wildman–Crippen MR) is 71.3 cm³/mol. The van der Waals surface area contributed by atoms with Crippen LogP contribution in [0.15, 0.2) is 23.1 Å². The molecule has 1 heterocycles. The molecule has 1 aromatic carbocycles. The molecule has 0 amide bonds. The maximum Gasteiger partial charge on any atom is 0.416 e. The maximum atomic E-state index is 12.8. The van der Waals surface area contributed by atoms with Gasteiger partial charge in [-0.15, -0.1) is 11.8 Å². The van der Waals surface area contributed by atoms with E-state index >= 15 is 0 Å². The van der Waals surface area contributed by atoms with Gasteiger partial charge >= 0.3 is 12.1 Å². The molecule has 0 unspecified atom stereocenters. The van der Waals surface area contributed by atoms with Crippen LogP contribution in [0.1, 0.15) is 23.0 Å². The van der Waals surface area contributed by atoms with Gasteiger partial charge in [-0.2, -0.15) is 13.2 Å². The SMILES string of the molecule is CCSc1c(C(=O)O)n(C)c2ccc(C(F)(F)F)cc12. The number of rotatable bonds is 3. The molecule has 1 aromatic heterocycles. The highest BCUT2D eigenvalue weighted by Gasteiger charge is 2.32. The molecule has 0 aliphatic rings. The van der Waals surface area contributed by atoms with Crippen LogP contribution in [0.25, 0.3) is 10.9 Å². The molecule has 0 saturated carbocycles. The van der Waals surface area contributed by atoms with Crippen molar-refractivity contribution in [2.45, 2.75) is 18.0 Å². The number of benzene rings is 1. The van der Waals surface area contributed by atoms with Crippen molar-refractivity contribution in [1.82, 2.24) is 4.57 Å². The molecule has 0 fully saturated rings. The van der Waals surface area contributed by atoms with Gasteiger partial charge in [0.05, 0.1) is 5.56 Å². The van der Waals surface area contributed by atoms with Crippen LogP contribution < -0.4 is 0 Å². The molecule has 0 aliphatic heterocycles. The van der Waals surface area contributed by atoms with E-state index in [-0.39, 0.29) is 5.69 Å². The molecular weight excluding hydrogens is 291 g/mol. The Labute approximate surface area is 117 Å². The minimum atomic E-state index is -4.44. The van der Waals surface area contributed by atoms with Crippen LogP contribution in [0, 0.1) is 0 Å². The highest BCUT2D eigenvalue weighted by molar-refractivity contribution is 7.99. The number of thioether (sulfide) groups is 1. The quantitative estimate of drug-likeness (QED) is 0.871. The number of carbonyl (C=O) groups is 1. The summed E-state index contributed by atoms with van der Waals surface area (Å²) in [7, 11) is 1.54. The van der Waals surface area contributed by atoms with Crippen molar-refractivity contribution in [2.24, 2.45) is 7.05 Å². The maximum absolute atomic E-state index is 12.8. The van der Waals surface area contributed by atoms with Gasteiger partial charge in [0.25, 0.3) is 0 Å². The third kappa shape index (κ3) is 2.37. The van der Waals surface area contributed by atoms with Crippen molar-refractivity contribution in [1.29, 1.82) is 0 Å². The molecule has 0 aliphatic carbocycles. The van der Waals surface area contributed by atoms with Crippen molar-refractivity contribution < 1.29 is 23.1 Å². The van der Waals surface area contributed by atoms with Crippen LogP contribution in [0.5, 0.6) is 0 Å². The van der Waals surface area contributed by atoms with E-state index in [1.54, 1.807) is 7.05 Å². The zero-order chi connectivity index (χ0) is 15.1. The van der Waals surface area contributed by atoms with Gasteiger partial charge in [0.15, 0.2) is 0 Å². The van der Waals surface area contributed by atoms with E-state index in [1.165, 1.54) is 22.4 Å². The smallest absolute Gasteiger partial charge is 0.416 e. The average molecular weight is 303 g/mol. The number of nitrogens with zero attached hydrogens (tertiary/aromatic N) is 1. The summed E-state index contributed by atoms with van der Waals surface area (Å²) in [5.74, 6) is -0.566. The molecule has 3 nitrogen and oxygen atoms in total. The number of aryl methyl sites for hydroxylation is 1. The highest BCUT2D eigenvalue weighted by Crippen LogP contribution is 2.38. The van der Waals surface area contributed by atoms with Crippen LogP contribution in [0.3, 0.4) is 0 Å². The Kier molecular flexibility index (Phi) is 3.73. The van der Waals surface area contributed by atoms with Crippen LogP contribution >= 0.6 is 11.8 Å². The van der Waals surface area contributed by atoms with Crippen molar-refractivity contribution in [3.63, 3.8) is 0 Å². The van der Waals surface area contributed by atoms with E-state index in [9.17, 15) is 23.1 Å². The molecule has 0 atom stereocenters. The predicted octanol–water partition coefficient (Wildman–Crippen LogP) is 4.01. The van der Waals surface area contributed by atoms with Gasteiger partial charge in [0, 0.05) is 22.8 Å². The number of alkyl halides is 3. The number of aromatic carboxylic acids is 1. The minimum Gasteiger partial charge on any atom is -0.477 e. The fourth-order valence-corrected chi connectivity index (χ4v) is 3.09. The van der Waals surface area contributed by atoms with Gasteiger partial charge in [-0.25, -0.2) is 4.79 Å². The summed E-state index contributed by atoms with van der Waals surface area (Å²) in [6, 6.07) is 3.29. The van der Waals surface area contributed by atoms with Gasteiger partial charge in [0.2, 0.25) is 0 Å². The molecule has 2 aromatic rings. The number of hydrogen-bond acceptors (Lipinski definition) is 2. The second-order valence-electron chi connectivity index (χ2n) is 4.20. The van der Waals surface area contributed by atoms with Crippen LogP contribution in [0.4, 0.5) is 13.2 Å². The largest absolute Gasteiger partial charge is 0.477 e. The summed E-state index contributed by atoms with van der Waals surface area (Å²) in [6.45, 7) is 1.82. The first-order valence-electron chi connectivity index (χ1n) is 5.83. The number of hydrogen-bond donors (Lipinski definition) is 1. The fourth-order valence-electron chi connectivity index (χ4n) is 2.12. The lowest BCUT2D eigenvalue weighted by atomic mass is 10.1. The molecular formula is C13H12F3NO2S. The average Bonchev–Trinajstić information content (AvgIpc) is 2.62. The first-order valence-corrected chi connectivity index (χ1v) is 6.81. The van der Waals surface area contributed by atoms with E-state index < -0.39 is 17.7 Å². The number of carboxylic acids is 1. The molecule has 20 heavy (non-hydrogen) atoms. The lowest BCUT2D eigenvalue weighted by Crippen LogP contribution is -2.05. The number of fused-ring (bicyclic) bond motifs is 1. The van der Waals surface area contributed by atoms with Gasteiger partial charge in [-0.3, -0.25) is 0 Å². The number of aromatic nitrogens is 1. The molecule has 2 rings (SSSR count). The molecule has 0 radical (unpaired) electrons. The molecule has 108 valence electrons. The summed E-state index contributed by atoms with van der Waals surface area (Å²) < 4.78 is 39.7. The molecule has 7 heteroatoms. The summed E-state index contributed by atoms with van der Waals surface area (Å²) in [5.41, 5.74) is -0.275. The standard InChI is InChI=1S/C13H12F3NO2S/c1-3-20-11-8-6-7(13(14,15)16)4-5-9(8)17(2)10(11)12(18)19/h4-6H,3H2,1-2H3,(H,18,19). The lowest BCUT2D eigenvalue weighted by molar-refractivity contribution is -0.137. The molecule has 0 saturated heterocycles. The lowest BCUT2D eigenvalue weighted by Gasteiger charge is -2.07. The summed E-state index contributed by atoms with van der Waals surface area (Å²) in [6.07, 6.45) is -4.44. The Morgan fingerprint density at radius 3 is 2.55 bits per heavy atom. The van der Waals surface area contributed by atoms with E-state index in [0.29, 0.717) is 21.6 Å². The monoisotopic (exact) mass is 303 g/mol. The van der Waals surface area contributed by atoms with E-state index in [4.69, 9.17) is 0 Å². The Hall–Kier alpha value is -1.63. The fraction of sp³-hybridized carbons (Fsp3) is 0.308. The highest BCUT2D eigenvalue weighted by atomic mass is 32.2. The van der Waals surface area contributed by atoms with Crippen molar-refractivity contribution >= 4 is 28.6 Å². The topological polar surface area (TPSA) is 42.2 Å². The zero-order valence-corrected chi connectivity index (χ0v) is 11.6. The molecule has 0 bridgehead atoms. The van der Waals surface area contributed by atoms with Crippen LogP contribution in [-0.2, 0) is 13.2 Å². The first kappa shape index (κ1) is 14.8. The zero-order valence-electron chi connectivity index (χ0n) is 10.8. The summed E-state index contributed by atoms with van der Waals surface area (Å²) >= 11 is 1.23. The van der Waals surface area contributed by atoms with Crippen LogP contribution in [0.2, 0.25) is 0 Å². The van der Waals surface area contributed by atoms with E-state index in [1.807, 2.05) is 6.92 Å². The second kappa shape index (κ2) is 5.05. The molecule has 0 spiro atoms. The minimum absolute atomic E-state index is 0.0196. The Morgan fingerprint density at radius 1 is 1.40 bits per heavy atom. The van der Waals surface area contributed by atoms with E-state index in [0.717, 1.165) is 12.1 Å². The Balaban J connectivity index is 2.80. The van der Waals surface area contributed by atoms with E-state index in [2.05, 4.69) is 0 Å². The first-order chi connectivity index (χ1) is 9.27. The summed E-state index contributed by atoms with van der Waals surface area (Å²) in [4.78, 5) is 11.7.